The first kappa shape index (κ1) is 12.4. The number of aromatic amines is 1. The fourth-order valence-electron chi connectivity index (χ4n) is 3.04. The Morgan fingerprint density at radius 1 is 1.14 bits per heavy atom. The van der Waals surface area contributed by atoms with Gasteiger partial charge in [0.1, 0.15) is 5.65 Å². The molecule has 0 fully saturated rings. The van der Waals surface area contributed by atoms with E-state index >= 15 is 0 Å². The zero-order valence-corrected chi connectivity index (χ0v) is 11.8. The highest BCUT2D eigenvalue weighted by molar-refractivity contribution is 5.79. The molecule has 1 aromatic carbocycles. The van der Waals surface area contributed by atoms with Crippen LogP contribution in [0.15, 0.2) is 48.8 Å². The van der Waals surface area contributed by atoms with Crippen LogP contribution in [0.1, 0.15) is 11.1 Å². The molecule has 2 N–H and O–H groups in total. The maximum absolute atomic E-state index is 4.37. The van der Waals surface area contributed by atoms with Crippen LogP contribution in [0.25, 0.3) is 11.0 Å². The minimum atomic E-state index is 0.907. The van der Waals surface area contributed by atoms with Crippen LogP contribution in [0, 0.1) is 0 Å². The van der Waals surface area contributed by atoms with Crippen LogP contribution in [0.5, 0.6) is 0 Å². The lowest BCUT2D eigenvalue weighted by molar-refractivity contribution is 0.689. The number of pyridine rings is 1. The fraction of sp³-hybridized carbons (Fsp3) is 0.235. The van der Waals surface area contributed by atoms with E-state index in [1.165, 1.54) is 22.2 Å². The van der Waals surface area contributed by atoms with Crippen LogP contribution < -0.4 is 10.2 Å². The number of H-pyrrole nitrogens is 1. The van der Waals surface area contributed by atoms with Gasteiger partial charge in [-0.1, -0.05) is 18.2 Å². The van der Waals surface area contributed by atoms with E-state index in [1.807, 2.05) is 12.3 Å². The van der Waals surface area contributed by atoms with Crippen molar-refractivity contribution in [3.05, 3.63) is 59.9 Å². The van der Waals surface area contributed by atoms with Crippen molar-refractivity contribution in [1.82, 2.24) is 15.3 Å². The largest absolute Gasteiger partial charge is 0.366 e. The Morgan fingerprint density at radius 2 is 2.10 bits per heavy atom. The molecule has 21 heavy (non-hydrogen) atoms. The van der Waals surface area contributed by atoms with Crippen molar-refractivity contribution >= 4 is 16.7 Å². The summed E-state index contributed by atoms with van der Waals surface area (Å²) in [6.45, 7) is 3.88. The predicted octanol–water partition coefficient (Wildman–Crippen LogP) is 2.67. The Morgan fingerprint density at radius 3 is 3.10 bits per heavy atom. The van der Waals surface area contributed by atoms with Gasteiger partial charge in [0, 0.05) is 49.6 Å². The van der Waals surface area contributed by atoms with Crippen molar-refractivity contribution in [2.75, 3.05) is 18.0 Å². The van der Waals surface area contributed by atoms with Crippen molar-refractivity contribution in [3.8, 4) is 0 Å². The molecule has 106 valence electrons. The van der Waals surface area contributed by atoms with E-state index < -0.39 is 0 Å². The van der Waals surface area contributed by atoms with E-state index in [1.54, 1.807) is 0 Å². The van der Waals surface area contributed by atoms with Crippen molar-refractivity contribution in [2.45, 2.75) is 13.1 Å². The first-order valence-corrected chi connectivity index (χ1v) is 7.36. The zero-order valence-electron chi connectivity index (χ0n) is 11.8. The number of hydrogen-bond donors (Lipinski definition) is 2. The number of nitrogens with one attached hydrogen (secondary N) is 2. The second-order valence-electron chi connectivity index (χ2n) is 5.44. The third-order valence-corrected chi connectivity index (χ3v) is 4.10. The quantitative estimate of drug-likeness (QED) is 0.757. The molecular formula is C17H18N4. The number of benzene rings is 1. The fourth-order valence-corrected chi connectivity index (χ4v) is 3.04. The standard InChI is InChI=1S/C17H18N4/c1-2-6-16-13(4-1)10-18-8-9-21(16)12-14-11-20-17-15(14)5-3-7-19-17/h1-7,11,18H,8-10,12H2,(H,19,20). The first-order valence-electron chi connectivity index (χ1n) is 7.36. The molecule has 0 radical (unpaired) electrons. The van der Waals surface area contributed by atoms with Crippen LogP contribution in [0.4, 0.5) is 5.69 Å². The molecule has 0 amide bonds. The molecule has 3 aromatic rings. The monoisotopic (exact) mass is 278 g/mol. The lowest BCUT2D eigenvalue weighted by atomic mass is 10.1. The molecule has 4 rings (SSSR count). The van der Waals surface area contributed by atoms with Gasteiger partial charge in [-0.25, -0.2) is 4.98 Å². The van der Waals surface area contributed by atoms with E-state index in [0.717, 1.165) is 31.8 Å². The summed E-state index contributed by atoms with van der Waals surface area (Å²) in [7, 11) is 0. The second kappa shape index (κ2) is 5.22. The minimum Gasteiger partial charge on any atom is -0.366 e. The molecule has 0 aliphatic carbocycles. The van der Waals surface area contributed by atoms with Crippen molar-refractivity contribution in [3.63, 3.8) is 0 Å². The Bertz CT molecular complexity index is 762. The highest BCUT2D eigenvalue weighted by atomic mass is 15.2. The third kappa shape index (κ3) is 2.28. The Labute approximate surface area is 123 Å². The molecule has 4 nitrogen and oxygen atoms in total. The van der Waals surface area contributed by atoms with E-state index in [0.29, 0.717) is 0 Å². The van der Waals surface area contributed by atoms with Crippen LogP contribution >= 0.6 is 0 Å². The van der Waals surface area contributed by atoms with Crippen molar-refractivity contribution in [2.24, 2.45) is 0 Å². The lowest BCUT2D eigenvalue weighted by Crippen LogP contribution is -2.28. The molecule has 1 aliphatic rings. The van der Waals surface area contributed by atoms with Gasteiger partial charge in [-0.2, -0.15) is 0 Å². The first-order chi connectivity index (χ1) is 10.4. The van der Waals surface area contributed by atoms with Gasteiger partial charge in [0.05, 0.1) is 0 Å². The molecule has 1 aliphatic heterocycles. The van der Waals surface area contributed by atoms with Gasteiger partial charge >= 0.3 is 0 Å². The van der Waals surface area contributed by atoms with Gasteiger partial charge < -0.3 is 15.2 Å². The lowest BCUT2D eigenvalue weighted by Gasteiger charge is -2.24. The average molecular weight is 278 g/mol. The summed E-state index contributed by atoms with van der Waals surface area (Å²) < 4.78 is 0. The van der Waals surface area contributed by atoms with Gasteiger partial charge in [0.2, 0.25) is 0 Å². The van der Waals surface area contributed by atoms with Crippen LogP contribution in [-0.2, 0) is 13.1 Å². The van der Waals surface area contributed by atoms with Crippen LogP contribution in [0.3, 0.4) is 0 Å². The summed E-state index contributed by atoms with van der Waals surface area (Å²) in [5.41, 5.74) is 4.97. The summed E-state index contributed by atoms with van der Waals surface area (Å²) in [5, 5.41) is 4.70. The van der Waals surface area contributed by atoms with Crippen LogP contribution in [0.2, 0.25) is 0 Å². The number of rotatable bonds is 2. The Kier molecular flexibility index (Phi) is 3.09. The van der Waals surface area contributed by atoms with E-state index in [9.17, 15) is 0 Å². The van der Waals surface area contributed by atoms with Gasteiger partial charge in [-0.15, -0.1) is 0 Å². The summed E-state index contributed by atoms with van der Waals surface area (Å²) in [5.74, 6) is 0. The van der Waals surface area contributed by atoms with Gasteiger partial charge in [0.25, 0.3) is 0 Å². The topological polar surface area (TPSA) is 44.0 Å². The zero-order chi connectivity index (χ0) is 14.1. The summed E-state index contributed by atoms with van der Waals surface area (Å²) in [6, 6.07) is 12.8. The van der Waals surface area contributed by atoms with Crippen molar-refractivity contribution < 1.29 is 0 Å². The molecule has 0 saturated carbocycles. The average Bonchev–Trinajstić information content (AvgIpc) is 2.82. The highest BCUT2D eigenvalue weighted by Gasteiger charge is 2.16. The normalized spacial score (nSPS) is 15.0. The maximum atomic E-state index is 4.37. The molecular weight excluding hydrogens is 260 g/mol. The maximum Gasteiger partial charge on any atom is 0.137 e. The van der Waals surface area contributed by atoms with Gasteiger partial charge in [-0.05, 0) is 29.3 Å². The Balaban J connectivity index is 1.71. The number of fused-ring (bicyclic) bond motifs is 2. The van der Waals surface area contributed by atoms with Crippen molar-refractivity contribution in [1.29, 1.82) is 0 Å². The molecule has 0 bridgehead atoms. The molecule has 3 heterocycles. The molecule has 4 heteroatoms. The summed E-state index contributed by atoms with van der Waals surface area (Å²) in [4.78, 5) is 10.1. The SMILES string of the molecule is c1ccc2c(c1)CNCCN2Cc1c[nH]c2ncccc12. The predicted molar refractivity (Wildman–Crippen MR) is 85.3 cm³/mol. The number of anilines is 1. The molecule has 2 aromatic heterocycles. The van der Waals surface area contributed by atoms with Gasteiger partial charge in [-0.3, -0.25) is 0 Å². The number of para-hydroxylation sites is 1. The highest BCUT2D eigenvalue weighted by Crippen LogP contribution is 2.25. The molecule has 0 unspecified atom stereocenters. The number of aromatic nitrogens is 2. The Hall–Kier alpha value is -2.33. The molecule has 0 atom stereocenters. The molecule has 0 spiro atoms. The van der Waals surface area contributed by atoms with Gasteiger partial charge in [0.15, 0.2) is 0 Å². The molecule has 0 saturated heterocycles. The second-order valence-corrected chi connectivity index (χ2v) is 5.44. The third-order valence-electron chi connectivity index (χ3n) is 4.10. The summed E-state index contributed by atoms with van der Waals surface area (Å²) >= 11 is 0. The summed E-state index contributed by atoms with van der Waals surface area (Å²) in [6.07, 6.45) is 3.91. The smallest absolute Gasteiger partial charge is 0.137 e. The number of nitrogens with zero attached hydrogens (tertiary/aromatic N) is 2. The van der Waals surface area contributed by atoms with E-state index in [2.05, 4.69) is 56.7 Å². The minimum absolute atomic E-state index is 0.907. The van der Waals surface area contributed by atoms with E-state index in [4.69, 9.17) is 0 Å². The number of hydrogen-bond acceptors (Lipinski definition) is 3. The van der Waals surface area contributed by atoms with E-state index in [-0.39, 0.29) is 0 Å². The van der Waals surface area contributed by atoms with Crippen LogP contribution in [-0.4, -0.2) is 23.1 Å².